The summed E-state index contributed by atoms with van der Waals surface area (Å²) in [6.07, 6.45) is 0. The van der Waals surface area contributed by atoms with Crippen LogP contribution in [0.3, 0.4) is 0 Å². The summed E-state index contributed by atoms with van der Waals surface area (Å²) in [4.78, 5) is 11.0. The fourth-order valence-electron chi connectivity index (χ4n) is 1.03. The van der Waals surface area contributed by atoms with Crippen molar-refractivity contribution in [3.05, 3.63) is 29.8 Å². The van der Waals surface area contributed by atoms with E-state index in [4.69, 9.17) is 5.11 Å². The average Bonchev–Trinajstić information content (AvgIpc) is 2.03. The highest BCUT2D eigenvalue weighted by Gasteiger charge is 2.09. The SMILES string of the molecule is CC(=O)C(C)c1cccc(O)c1. The summed E-state index contributed by atoms with van der Waals surface area (Å²) < 4.78 is 0. The van der Waals surface area contributed by atoms with Crippen LogP contribution >= 0.6 is 0 Å². The topological polar surface area (TPSA) is 37.3 Å². The van der Waals surface area contributed by atoms with E-state index in [1.807, 2.05) is 13.0 Å². The van der Waals surface area contributed by atoms with Gasteiger partial charge in [-0.25, -0.2) is 0 Å². The van der Waals surface area contributed by atoms with Crippen LogP contribution in [0.25, 0.3) is 0 Å². The number of carbonyl (C=O) groups is 1. The zero-order valence-corrected chi connectivity index (χ0v) is 7.24. The van der Waals surface area contributed by atoms with E-state index in [1.54, 1.807) is 25.1 Å². The summed E-state index contributed by atoms with van der Waals surface area (Å²) in [5.41, 5.74) is 0.863. The molecule has 0 aliphatic heterocycles. The van der Waals surface area contributed by atoms with Gasteiger partial charge in [-0.15, -0.1) is 0 Å². The van der Waals surface area contributed by atoms with Gasteiger partial charge in [0.2, 0.25) is 0 Å². The third kappa shape index (κ3) is 1.84. The summed E-state index contributed by atoms with van der Waals surface area (Å²) in [5, 5.41) is 9.13. The molecule has 1 N–H and O–H groups in total. The third-order valence-corrected chi connectivity index (χ3v) is 1.98. The number of hydrogen-bond donors (Lipinski definition) is 1. The van der Waals surface area contributed by atoms with E-state index in [9.17, 15) is 4.79 Å². The lowest BCUT2D eigenvalue weighted by Crippen LogP contribution is -2.03. The van der Waals surface area contributed by atoms with Crippen LogP contribution < -0.4 is 0 Å². The number of rotatable bonds is 2. The Morgan fingerprint density at radius 2 is 2.17 bits per heavy atom. The Morgan fingerprint density at radius 3 is 2.67 bits per heavy atom. The van der Waals surface area contributed by atoms with Gasteiger partial charge in [0.1, 0.15) is 11.5 Å². The van der Waals surface area contributed by atoms with Crippen molar-refractivity contribution in [2.24, 2.45) is 0 Å². The van der Waals surface area contributed by atoms with E-state index in [2.05, 4.69) is 0 Å². The number of benzene rings is 1. The van der Waals surface area contributed by atoms with Gasteiger partial charge in [-0.3, -0.25) is 4.79 Å². The predicted octanol–water partition coefficient (Wildman–Crippen LogP) is 2.08. The van der Waals surface area contributed by atoms with Crippen LogP contribution in [0.15, 0.2) is 24.3 Å². The highest BCUT2D eigenvalue weighted by Crippen LogP contribution is 2.19. The minimum absolute atomic E-state index is 0.112. The standard InChI is InChI=1S/C10H12O2/c1-7(8(2)11)9-4-3-5-10(12)6-9/h3-7,12H,1-2H3. The lowest BCUT2D eigenvalue weighted by Gasteiger charge is -2.07. The minimum Gasteiger partial charge on any atom is -0.508 e. The number of hydrogen-bond acceptors (Lipinski definition) is 2. The predicted molar refractivity (Wildman–Crippen MR) is 47.2 cm³/mol. The van der Waals surface area contributed by atoms with Crippen LogP contribution in [0.2, 0.25) is 0 Å². The van der Waals surface area contributed by atoms with E-state index in [1.165, 1.54) is 0 Å². The molecule has 0 saturated carbocycles. The molecule has 12 heavy (non-hydrogen) atoms. The molecule has 0 amide bonds. The summed E-state index contributed by atoms with van der Waals surface area (Å²) in [6.45, 7) is 3.38. The van der Waals surface area contributed by atoms with E-state index < -0.39 is 0 Å². The maximum atomic E-state index is 11.0. The lowest BCUT2D eigenvalue weighted by molar-refractivity contribution is -0.118. The number of ketones is 1. The van der Waals surface area contributed by atoms with Crippen molar-refractivity contribution in [3.8, 4) is 5.75 Å². The Bertz CT molecular complexity index is 292. The Morgan fingerprint density at radius 1 is 1.50 bits per heavy atom. The van der Waals surface area contributed by atoms with Crippen molar-refractivity contribution >= 4 is 5.78 Å². The second-order valence-corrected chi connectivity index (χ2v) is 2.93. The van der Waals surface area contributed by atoms with Gasteiger partial charge < -0.3 is 5.11 Å². The van der Waals surface area contributed by atoms with Crippen LogP contribution in [-0.2, 0) is 4.79 Å². The van der Waals surface area contributed by atoms with E-state index in [-0.39, 0.29) is 17.5 Å². The van der Waals surface area contributed by atoms with Crippen molar-refractivity contribution < 1.29 is 9.90 Å². The molecule has 64 valence electrons. The van der Waals surface area contributed by atoms with Gasteiger partial charge in [-0.1, -0.05) is 19.1 Å². The van der Waals surface area contributed by atoms with Crippen molar-refractivity contribution in [3.63, 3.8) is 0 Å². The van der Waals surface area contributed by atoms with Gasteiger partial charge in [-0.05, 0) is 24.6 Å². The molecule has 0 heterocycles. The first kappa shape index (κ1) is 8.78. The summed E-state index contributed by atoms with van der Waals surface area (Å²) in [6, 6.07) is 6.79. The van der Waals surface area contributed by atoms with Crippen LogP contribution in [-0.4, -0.2) is 10.9 Å². The van der Waals surface area contributed by atoms with Crippen LogP contribution in [0.5, 0.6) is 5.75 Å². The second kappa shape index (κ2) is 3.39. The maximum absolute atomic E-state index is 11.0. The summed E-state index contributed by atoms with van der Waals surface area (Å²) in [5.74, 6) is 0.193. The summed E-state index contributed by atoms with van der Waals surface area (Å²) in [7, 11) is 0. The lowest BCUT2D eigenvalue weighted by atomic mass is 9.98. The molecule has 1 unspecified atom stereocenters. The highest BCUT2D eigenvalue weighted by atomic mass is 16.3. The molecule has 1 aromatic rings. The Kier molecular flexibility index (Phi) is 2.48. The van der Waals surface area contributed by atoms with Gasteiger partial charge in [0.15, 0.2) is 0 Å². The minimum atomic E-state index is -0.128. The molecular weight excluding hydrogens is 152 g/mol. The van der Waals surface area contributed by atoms with E-state index in [0.717, 1.165) is 5.56 Å². The number of Topliss-reactive ketones (excluding diaryl/α,β-unsaturated/α-hetero) is 1. The average molecular weight is 164 g/mol. The number of carbonyl (C=O) groups excluding carboxylic acids is 1. The molecule has 0 aromatic heterocycles. The van der Waals surface area contributed by atoms with Crippen molar-refractivity contribution in [1.82, 2.24) is 0 Å². The molecule has 2 nitrogen and oxygen atoms in total. The van der Waals surface area contributed by atoms with Crippen LogP contribution in [0.1, 0.15) is 25.3 Å². The fraction of sp³-hybridized carbons (Fsp3) is 0.300. The Hall–Kier alpha value is -1.31. The van der Waals surface area contributed by atoms with Gasteiger partial charge in [0.05, 0.1) is 0 Å². The maximum Gasteiger partial charge on any atom is 0.136 e. The van der Waals surface area contributed by atoms with E-state index >= 15 is 0 Å². The number of phenols is 1. The van der Waals surface area contributed by atoms with Gasteiger partial charge in [0.25, 0.3) is 0 Å². The first-order valence-corrected chi connectivity index (χ1v) is 3.90. The van der Waals surface area contributed by atoms with Gasteiger partial charge in [-0.2, -0.15) is 0 Å². The fourth-order valence-corrected chi connectivity index (χ4v) is 1.03. The molecule has 1 atom stereocenters. The molecule has 0 aliphatic rings. The van der Waals surface area contributed by atoms with Crippen LogP contribution in [0, 0.1) is 0 Å². The second-order valence-electron chi connectivity index (χ2n) is 2.93. The van der Waals surface area contributed by atoms with Crippen molar-refractivity contribution in [2.75, 3.05) is 0 Å². The van der Waals surface area contributed by atoms with Crippen LogP contribution in [0.4, 0.5) is 0 Å². The molecule has 0 saturated heterocycles. The zero-order chi connectivity index (χ0) is 9.14. The molecule has 0 radical (unpaired) electrons. The molecule has 2 heteroatoms. The Labute approximate surface area is 71.8 Å². The molecule has 0 fully saturated rings. The van der Waals surface area contributed by atoms with Crippen molar-refractivity contribution in [2.45, 2.75) is 19.8 Å². The van der Waals surface area contributed by atoms with Gasteiger partial charge >= 0.3 is 0 Å². The van der Waals surface area contributed by atoms with E-state index in [0.29, 0.717) is 0 Å². The first-order chi connectivity index (χ1) is 5.61. The largest absolute Gasteiger partial charge is 0.508 e. The molecule has 0 aliphatic carbocycles. The Balaban J connectivity index is 2.95. The first-order valence-electron chi connectivity index (χ1n) is 3.90. The molecule has 1 rings (SSSR count). The number of phenolic OH excluding ortho intramolecular Hbond substituents is 1. The summed E-state index contributed by atoms with van der Waals surface area (Å²) >= 11 is 0. The smallest absolute Gasteiger partial charge is 0.136 e. The monoisotopic (exact) mass is 164 g/mol. The quantitative estimate of drug-likeness (QED) is 0.726. The van der Waals surface area contributed by atoms with Gasteiger partial charge in [0, 0.05) is 5.92 Å². The molecular formula is C10H12O2. The molecule has 0 spiro atoms. The zero-order valence-electron chi connectivity index (χ0n) is 7.24. The molecule has 0 bridgehead atoms. The third-order valence-electron chi connectivity index (χ3n) is 1.98. The van der Waals surface area contributed by atoms with Crippen molar-refractivity contribution in [1.29, 1.82) is 0 Å². The number of aromatic hydroxyl groups is 1. The highest BCUT2D eigenvalue weighted by molar-refractivity contribution is 5.82. The normalized spacial score (nSPS) is 12.5. The molecule has 1 aromatic carbocycles.